The second-order valence-electron chi connectivity index (χ2n) is 1.50. The van der Waals surface area contributed by atoms with Crippen molar-refractivity contribution in [2.45, 2.75) is 6.04 Å². The smallest absolute Gasteiger partial charge is 0.0369 e. The minimum atomic E-state index is 0.834. The number of rotatable bonds is 1. The van der Waals surface area contributed by atoms with Crippen molar-refractivity contribution in [2.75, 3.05) is 0 Å². The Hall–Kier alpha value is -0.633. The molecule has 0 aliphatic rings. The molecule has 0 spiro atoms. The van der Waals surface area contributed by atoms with E-state index in [-0.39, 0.29) is 0 Å². The quantitative estimate of drug-likeness (QED) is 0.498. The van der Waals surface area contributed by atoms with Crippen LogP contribution in [0.1, 0.15) is 5.69 Å². The van der Waals surface area contributed by atoms with Gasteiger partial charge in [-0.3, -0.25) is 4.98 Å². The summed E-state index contributed by atoms with van der Waals surface area (Å²) in [6.45, 7) is 0. The van der Waals surface area contributed by atoms with E-state index in [1.807, 2.05) is 18.2 Å². The number of hydrogen-bond donors (Lipinski definition) is 0. The van der Waals surface area contributed by atoms with Crippen LogP contribution >= 0.6 is 0 Å². The lowest BCUT2D eigenvalue weighted by atomic mass is 10.4. The molecule has 39 valence electrons. The summed E-state index contributed by atoms with van der Waals surface area (Å²) < 4.78 is 0. The second-order valence-corrected chi connectivity index (χ2v) is 1.85. The van der Waals surface area contributed by atoms with Gasteiger partial charge >= 0.3 is 0 Å². The van der Waals surface area contributed by atoms with E-state index < -0.39 is 0 Å². The third-order valence-corrected chi connectivity index (χ3v) is 1.27. The number of hydrogen-bond acceptors (Lipinski definition) is 1. The lowest BCUT2D eigenvalue weighted by Crippen LogP contribution is -1.85. The van der Waals surface area contributed by atoms with Crippen molar-refractivity contribution in [3.63, 3.8) is 0 Å². The van der Waals surface area contributed by atoms with Crippen molar-refractivity contribution in [1.82, 2.24) is 4.98 Å². The van der Waals surface area contributed by atoms with Crippen LogP contribution in [0.3, 0.4) is 0 Å². The summed E-state index contributed by atoms with van der Waals surface area (Å²) >= 11 is 0. The number of aromatic nitrogens is 1. The van der Waals surface area contributed by atoms with Crippen molar-refractivity contribution in [2.24, 2.45) is 0 Å². The molecule has 0 N–H and O–H groups in total. The fourth-order valence-electron chi connectivity index (χ4n) is 0.503. The summed E-state index contributed by atoms with van der Waals surface area (Å²) in [7, 11) is 3.34. The van der Waals surface area contributed by atoms with Crippen LogP contribution in [0.5, 0.6) is 0 Å². The first kappa shape index (κ1) is 5.50. The summed E-state index contributed by atoms with van der Waals surface area (Å²) in [5.41, 5.74) is 1.07. The Balaban J connectivity index is 2.83. The molecule has 0 saturated heterocycles. The Morgan fingerprint density at radius 1 is 1.50 bits per heavy atom. The lowest BCUT2D eigenvalue weighted by molar-refractivity contribution is 1.17. The second kappa shape index (κ2) is 2.62. The molecule has 0 unspecified atom stereocenters. The predicted octanol–water partition coefficient (Wildman–Crippen LogP) is 0.750. The van der Waals surface area contributed by atoms with Gasteiger partial charge in [-0.1, -0.05) is 6.07 Å². The molecule has 0 aromatic carbocycles. The van der Waals surface area contributed by atoms with Crippen LogP contribution in [0.25, 0.3) is 0 Å². The topological polar surface area (TPSA) is 12.9 Å². The average molecular weight is 120 g/mol. The van der Waals surface area contributed by atoms with Gasteiger partial charge in [0.05, 0.1) is 0 Å². The molecule has 8 heavy (non-hydrogen) atoms. The average Bonchev–Trinajstić information content (AvgIpc) is 1.90. The standard InChI is InChI=1S/C6H6NSi/c8-5-6-3-1-2-4-7-6/h1-4H,5H2. The van der Waals surface area contributed by atoms with E-state index in [9.17, 15) is 0 Å². The fraction of sp³-hybridized carbons (Fsp3) is 0.167. The van der Waals surface area contributed by atoms with Gasteiger partial charge in [0.25, 0.3) is 0 Å². The zero-order valence-electron chi connectivity index (χ0n) is 4.46. The molecule has 3 radical (unpaired) electrons. The van der Waals surface area contributed by atoms with Crippen LogP contribution in [0.4, 0.5) is 0 Å². The number of pyridine rings is 1. The van der Waals surface area contributed by atoms with Gasteiger partial charge in [-0.15, -0.1) is 0 Å². The largest absolute Gasteiger partial charge is 0.262 e. The lowest BCUT2D eigenvalue weighted by Gasteiger charge is -1.88. The number of nitrogens with zero attached hydrogens (tertiary/aromatic N) is 1. The Morgan fingerprint density at radius 3 is 2.75 bits per heavy atom. The van der Waals surface area contributed by atoms with Crippen LogP contribution in [-0.4, -0.2) is 15.2 Å². The van der Waals surface area contributed by atoms with Gasteiger partial charge in [0, 0.05) is 22.1 Å². The van der Waals surface area contributed by atoms with Crippen LogP contribution in [0, 0.1) is 0 Å². The van der Waals surface area contributed by atoms with E-state index in [1.54, 1.807) is 6.20 Å². The molecule has 1 aromatic rings. The predicted molar refractivity (Wildman–Crippen MR) is 33.7 cm³/mol. The van der Waals surface area contributed by atoms with Crippen LogP contribution < -0.4 is 0 Å². The normalized spacial score (nSPS) is 9.12. The van der Waals surface area contributed by atoms with E-state index in [0.717, 1.165) is 11.7 Å². The highest BCUT2D eigenvalue weighted by atomic mass is 28.1. The molecule has 1 rings (SSSR count). The summed E-state index contributed by atoms with van der Waals surface area (Å²) in [5, 5.41) is 0. The Kier molecular flexibility index (Phi) is 1.80. The highest BCUT2D eigenvalue weighted by Crippen LogP contribution is 1.89. The van der Waals surface area contributed by atoms with Gasteiger partial charge < -0.3 is 0 Å². The first-order valence-corrected chi connectivity index (χ1v) is 3.18. The van der Waals surface area contributed by atoms with Crippen molar-refractivity contribution >= 4 is 10.2 Å². The van der Waals surface area contributed by atoms with Crippen molar-refractivity contribution in [3.8, 4) is 0 Å². The zero-order valence-corrected chi connectivity index (χ0v) is 5.46. The maximum Gasteiger partial charge on any atom is 0.0369 e. The van der Waals surface area contributed by atoms with E-state index >= 15 is 0 Å². The molecule has 1 heterocycles. The van der Waals surface area contributed by atoms with E-state index in [1.165, 1.54) is 0 Å². The summed E-state index contributed by atoms with van der Waals surface area (Å²) in [5.74, 6) is 0. The van der Waals surface area contributed by atoms with Gasteiger partial charge in [0.1, 0.15) is 0 Å². The molecule has 0 saturated carbocycles. The molecular weight excluding hydrogens is 114 g/mol. The van der Waals surface area contributed by atoms with E-state index in [0.29, 0.717) is 0 Å². The van der Waals surface area contributed by atoms with Gasteiger partial charge in [0.2, 0.25) is 0 Å². The molecule has 1 nitrogen and oxygen atoms in total. The Bertz CT molecular complexity index is 150. The molecule has 0 aliphatic heterocycles. The van der Waals surface area contributed by atoms with Crippen LogP contribution in [0.2, 0.25) is 0 Å². The van der Waals surface area contributed by atoms with Crippen LogP contribution in [-0.2, 0) is 6.04 Å². The molecule has 0 amide bonds. The highest BCUT2D eigenvalue weighted by molar-refractivity contribution is 6.08. The fourth-order valence-corrected chi connectivity index (χ4v) is 0.712. The Morgan fingerprint density at radius 2 is 2.38 bits per heavy atom. The first-order chi connectivity index (χ1) is 3.93. The molecule has 0 fully saturated rings. The molecule has 2 heteroatoms. The molecule has 0 bridgehead atoms. The Labute approximate surface area is 52.2 Å². The monoisotopic (exact) mass is 120 g/mol. The molecular formula is C6H6NSi. The van der Waals surface area contributed by atoms with Gasteiger partial charge in [-0.05, 0) is 18.2 Å². The van der Waals surface area contributed by atoms with Gasteiger partial charge in [0.15, 0.2) is 0 Å². The molecule has 1 aromatic heterocycles. The highest BCUT2D eigenvalue weighted by Gasteiger charge is 1.81. The van der Waals surface area contributed by atoms with E-state index in [2.05, 4.69) is 15.2 Å². The molecule has 0 atom stereocenters. The minimum Gasteiger partial charge on any atom is -0.262 e. The summed E-state index contributed by atoms with van der Waals surface area (Å²) in [4.78, 5) is 4.05. The van der Waals surface area contributed by atoms with Gasteiger partial charge in [-0.25, -0.2) is 0 Å². The van der Waals surface area contributed by atoms with Gasteiger partial charge in [-0.2, -0.15) is 0 Å². The van der Waals surface area contributed by atoms with Crippen LogP contribution in [0.15, 0.2) is 24.4 Å². The van der Waals surface area contributed by atoms with Crippen molar-refractivity contribution in [1.29, 1.82) is 0 Å². The first-order valence-electron chi connectivity index (χ1n) is 2.48. The molecule has 0 aliphatic carbocycles. The van der Waals surface area contributed by atoms with E-state index in [4.69, 9.17) is 0 Å². The third kappa shape index (κ3) is 1.17. The maximum absolute atomic E-state index is 4.05. The van der Waals surface area contributed by atoms with Crippen molar-refractivity contribution < 1.29 is 0 Å². The third-order valence-electron chi connectivity index (χ3n) is 0.907. The van der Waals surface area contributed by atoms with Crippen molar-refractivity contribution in [3.05, 3.63) is 30.1 Å². The SMILES string of the molecule is [Si]Cc1ccccn1. The summed E-state index contributed by atoms with van der Waals surface area (Å²) in [6, 6.07) is 6.70. The maximum atomic E-state index is 4.05. The minimum absolute atomic E-state index is 0.834. The summed E-state index contributed by atoms with van der Waals surface area (Å²) in [6.07, 6.45) is 1.79. The zero-order chi connectivity index (χ0) is 5.82.